The van der Waals surface area contributed by atoms with Crippen molar-refractivity contribution in [3.05, 3.63) is 12.2 Å². The van der Waals surface area contributed by atoms with Crippen LogP contribution in [0.25, 0.3) is 0 Å². The third kappa shape index (κ3) is 0.690. The van der Waals surface area contributed by atoms with Gasteiger partial charge < -0.3 is 0 Å². The molecule has 1 unspecified atom stereocenters. The lowest BCUT2D eigenvalue weighted by Crippen LogP contribution is -1.87. The first-order valence-corrected chi connectivity index (χ1v) is 2.09. The average Bonchev–Trinajstić information content (AvgIpc) is 2.14. The summed E-state index contributed by atoms with van der Waals surface area (Å²) in [5, 5.41) is 0. The van der Waals surface area contributed by atoms with E-state index in [0.29, 0.717) is 0 Å². The Morgan fingerprint density at radius 2 is 2.57 bits per heavy atom. The molecule has 1 rings (SSSR count). The molecule has 0 aliphatic carbocycles. The molecule has 1 heterocycles. The van der Waals surface area contributed by atoms with Gasteiger partial charge in [-0.2, -0.15) is 0 Å². The van der Waals surface area contributed by atoms with Crippen molar-refractivity contribution in [2.75, 3.05) is 0 Å². The maximum absolute atomic E-state index is 5.02. The molecule has 0 aromatic carbocycles. The number of hydrogen-bond acceptors (Lipinski definition) is 1. The van der Waals surface area contributed by atoms with Gasteiger partial charge in [-0.15, -0.1) is 6.42 Å². The lowest BCUT2D eigenvalue weighted by molar-refractivity contribution is 1.10. The first kappa shape index (κ1) is 4.14. The third-order valence-electron chi connectivity index (χ3n) is 0.797. The molecule has 0 aromatic rings. The van der Waals surface area contributed by atoms with Gasteiger partial charge >= 0.3 is 0 Å². The fraction of sp³-hybridized carbons (Fsp3) is 0.167. The van der Waals surface area contributed by atoms with Crippen molar-refractivity contribution in [3.8, 4) is 12.3 Å². The van der Waals surface area contributed by atoms with E-state index in [2.05, 4.69) is 10.9 Å². The van der Waals surface area contributed by atoms with E-state index in [0.717, 1.165) is 0 Å². The van der Waals surface area contributed by atoms with Crippen LogP contribution in [0.5, 0.6) is 0 Å². The second kappa shape index (κ2) is 1.61. The topological polar surface area (TPSA) is 12.4 Å². The van der Waals surface area contributed by atoms with Crippen LogP contribution in [0.4, 0.5) is 0 Å². The van der Waals surface area contributed by atoms with Gasteiger partial charge in [-0.1, -0.05) is 5.92 Å². The standard InChI is InChI=1S/C6H5N/c1-2-6-4-3-5-7-6/h1,3-6H. The van der Waals surface area contributed by atoms with Crippen LogP contribution in [0.3, 0.4) is 0 Å². The van der Waals surface area contributed by atoms with Gasteiger partial charge in [0.25, 0.3) is 0 Å². The summed E-state index contributed by atoms with van der Waals surface area (Å²) in [4.78, 5) is 3.88. The minimum atomic E-state index is 0.0139. The molecule has 0 saturated heterocycles. The monoisotopic (exact) mass is 91.0 g/mol. The van der Waals surface area contributed by atoms with Gasteiger partial charge in [-0.25, -0.2) is 0 Å². The highest BCUT2D eigenvalue weighted by molar-refractivity contribution is 5.74. The van der Waals surface area contributed by atoms with E-state index in [1.165, 1.54) is 0 Å². The molecule has 1 heteroatoms. The summed E-state index contributed by atoms with van der Waals surface area (Å²) in [6.45, 7) is 0. The maximum Gasteiger partial charge on any atom is 0.128 e. The summed E-state index contributed by atoms with van der Waals surface area (Å²) in [7, 11) is 0. The fourth-order valence-electron chi connectivity index (χ4n) is 0.446. The van der Waals surface area contributed by atoms with Crippen molar-refractivity contribution < 1.29 is 0 Å². The Hall–Kier alpha value is -1.03. The lowest BCUT2D eigenvalue weighted by atomic mass is 10.3. The fourth-order valence-corrected chi connectivity index (χ4v) is 0.446. The summed E-state index contributed by atoms with van der Waals surface area (Å²) in [5.74, 6) is 2.48. The van der Waals surface area contributed by atoms with Crippen molar-refractivity contribution in [1.82, 2.24) is 0 Å². The van der Waals surface area contributed by atoms with E-state index in [1.807, 2.05) is 12.2 Å². The Morgan fingerprint density at radius 1 is 1.71 bits per heavy atom. The van der Waals surface area contributed by atoms with Gasteiger partial charge in [0.05, 0.1) is 0 Å². The van der Waals surface area contributed by atoms with Gasteiger partial charge in [0.2, 0.25) is 0 Å². The number of rotatable bonds is 0. The summed E-state index contributed by atoms with van der Waals surface area (Å²) in [5.41, 5.74) is 0. The van der Waals surface area contributed by atoms with E-state index < -0.39 is 0 Å². The zero-order chi connectivity index (χ0) is 5.11. The number of hydrogen-bond donors (Lipinski definition) is 0. The molecular formula is C6H5N. The van der Waals surface area contributed by atoms with Crippen molar-refractivity contribution in [1.29, 1.82) is 0 Å². The SMILES string of the molecule is C#CC1C=CC=N1. The molecule has 0 saturated carbocycles. The van der Waals surface area contributed by atoms with Crippen LogP contribution in [0.1, 0.15) is 0 Å². The molecule has 1 aliphatic rings. The molecule has 0 N–H and O–H groups in total. The number of aliphatic imine (C=N–C) groups is 1. The first-order valence-electron chi connectivity index (χ1n) is 2.09. The molecule has 7 heavy (non-hydrogen) atoms. The highest BCUT2D eigenvalue weighted by Crippen LogP contribution is 1.94. The van der Waals surface area contributed by atoms with Crippen LogP contribution < -0.4 is 0 Å². The Kier molecular flexibility index (Phi) is 0.953. The molecule has 0 aromatic heterocycles. The Bertz CT molecular complexity index is 136. The molecule has 0 radical (unpaired) electrons. The Morgan fingerprint density at radius 3 is 2.86 bits per heavy atom. The zero-order valence-corrected chi connectivity index (χ0v) is 3.83. The van der Waals surface area contributed by atoms with Crippen LogP contribution in [0, 0.1) is 12.3 Å². The molecule has 0 fully saturated rings. The number of nitrogens with zero attached hydrogens (tertiary/aromatic N) is 1. The van der Waals surface area contributed by atoms with Crippen molar-refractivity contribution in [2.45, 2.75) is 6.04 Å². The van der Waals surface area contributed by atoms with E-state index in [4.69, 9.17) is 6.42 Å². The largest absolute Gasteiger partial charge is 0.273 e. The van der Waals surface area contributed by atoms with Gasteiger partial charge in [-0.05, 0) is 12.2 Å². The van der Waals surface area contributed by atoms with Crippen LogP contribution in [0.2, 0.25) is 0 Å². The zero-order valence-electron chi connectivity index (χ0n) is 3.83. The minimum absolute atomic E-state index is 0.0139. The highest BCUT2D eigenvalue weighted by atomic mass is 14.8. The highest BCUT2D eigenvalue weighted by Gasteiger charge is 1.94. The first-order chi connectivity index (χ1) is 3.43. The second-order valence-electron chi connectivity index (χ2n) is 1.29. The summed E-state index contributed by atoms with van der Waals surface area (Å²) < 4.78 is 0. The Balaban J connectivity index is 2.65. The van der Waals surface area contributed by atoms with Gasteiger partial charge in [0.1, 0.15) is 6.04 Å². The van der Waals surface area contributed by atoms with Crippen LogP contribution in [-0.2, 0) is 0 Å². The third-order valence-corrected chi connectivity index (χ3v) is 0.797. The Labute approximate surface area is 42.8 Å². The lowest BCUT2D eigenvalue weighted by Gasteiger charge is -1.84. The van der Waals surface area contributed by atoms with Gasteiger partial charge in [0, 0.05) is 6.21 Å². The second-order valence-corrected chi connectivity index (χ2v) is 1.29. The minimum Gasteiger partial charge on any atom is -0.273 e. The van der Waals surface area contributed by atoms with Gasteiger partial charge in [0.15, 0.2) is 0 Å². The number of allylic oxidation sites excluding steroid dienone is 1. The van der Waals surface area contributed by atoms with Crippen molar-refractivity contribution in [2.24, 2.45) is 4.99 Å². The molecule has 0 amide bonds. The van der Waals surface area contributed by atoms with E-state index in [9.17, 15) is 0 Å². The van der Waals surface area contributed by atoms with Gasteiger partial charge in [-0.3, -0.25) is 4.99 Å². The molecule has 1 atom stereocenters. The normalized spacial score (nSPS) is 25.3. The maximum atomic E-state index is 5.02. The number of terminal acetylenes is 1. The summed E-state index contributed by atoms with van der Waals surface area (Å²) >= 11 is 0. The molecule has 1 aliphatic heterocycles. The van der Waals surface area contributed by atoms with Crippen molar-refractivity contribution in [3.63, 3.8) is 0 Å². The molecular weight excluding hydrogens is 86.1 g/mol. The van der Waals surface area contributed by atoms with Crippen molar-refractivity contribution >= 4 is 6.21 Å². The van der Waals surface area contributed by atoms with Crippen LogP contribution in [-0.4, -0.2) is 12.3 Å². The van der Waals surface area contributed by atoms with E-state index in [-0.39, 0.29) is 6.04 Å². The predicted molar refractivity (Wildman–Crippen MR) is 30.3 cm³/mol. The quantitative estimate of drug-likeness (QED) is 0.388. The van der Waals surface area contributed by atoms with E-state index in [1.54, 1.807) is 6.21 Å². The average molecular weight is 91.1 g/mol. The molecule has 34 valence electrons. The molecule has 0 spiro atoms. The summed E-state index contributed by atoms with van der Waals surface area (Å²) in [6.07, 6.45) is 10.5. The summed E-state index contributed by atoms with van der Waals surface area (Å²) in [6, 6.07) is 0.0139. The molecule has 1 nitrogen and oxygen atoms in total. The predicted octanol–water partition coefficient (Wildman–Crippen LogP) is 0.629. The smallest absolute Gasteiger partial charge is 0.128 e. The van der Waals surface area contributed by atoms with Crippen LogP contribution >= 0.6 is 0 Å². The van der Waals surface area contributed by atoms with Crippen LogP contribution in [0.15, 0.2) is 17.1 Å². The molecule has 0 bridgehead atoms. The van der Waals surface area contributed by atoms with E-state index >= 15 is 0 Å².